The van der Waals surface area contributed by atoms with Gasteiger partial charge in [0.05, 0.1) is 26.6 Å². The average Bonchev–Trinajstić information content (AvgIpc) is 2.84. The number of thioether (sulfide) groups is 1. The molecule has 1 aliphatic rings. The van der Waals surface area contributed by atoms with Crippen molar-refractivity contribution in [3.63, 3.8) is 0 Å². The highest BCUT2D eigenvalue weighted by Crippen LogP contribution is 2.47. The summed E-state index contributed by atoms with van der Waals surface area (Å²) in [5.74, 6) is 0.625. The van der Waals surface area contributed by atoms with Crippen LogP contribution in [0, 0.1) is 0 Å². The Bertz CT molecular complexity index is 700. The molecule has 1 aromatic carbocycles. The van der Waals surface area contributed by atoms with Crippen molar-refractivity contribution in [1.82, 2.24) is 15.2 Å². The van der Waals surface area contributed by atoms with Crippen LogP contribution in [-0.4, -0.2) is 15.2 Å². The Morgan fingerprint density at radius 2 is 2.35 bits per heavy atom. The van der Waals surface area contributed by atoms with Crippen LogP contribution in [0.25, 0.3) is 10.2 Å². The van der Waals surface area contributed by atoms with Crippen LogP contribution in [0.4, 0.5) is 5.82 Å². The predicted octanol–water partition coefficient (Wildman–Crippen LogP) is 2.80. The fourth-order valence-corrected chi connectivity index (χ4v) is 4.23. The lowest BCUT2D eigenvalue weighted by Crippen LogP contribution is -1.99. The maximum atomic E-state index is 5.82. The second-order valence-electron chi connectivity index (χ2n) is 3.93. The average molecular weight is 260 g/mol. The fourth-order valence-electron chi connectivity index (χ4n) is 2.00. The number of nitrogen functional groups attached to an aromatic ring is 1. The molecule has 1 unspecified atom stereocenters. The van der Waals surface area contributed by atoms with Crippen LogP contribution < -0.4 is 5.73 Å². The molecule has 17 heavy (non-hydrogen) atoms. The normalized spacial score (nSPS) is 17.3. The maximum absolute atomic E-state index is 5.82. The molecule has 4 nitrogen and oxygen atoms in total. The van der Waals surface area contributed by atoms with Crippen molar-refractivity contribution in [1.29, 1.82) is 0 Å². The minimum atomic E-state index is 0.250. The van der Waals surface area contributed by atoms with Gasteiger partial charge in [-0.2, -0.15) is 5.10 Å². The molecule has 0 radical (unpaired) electrons. The first-order valence-corrected chi connectivity index (χ1v) is 6.87. The Hall–Kier alpha value is -1.53. The fraction of sp³-hybridized carbons (Fsp3) is 0.0909. The summed E-state index contributed by atoms with van der Waals surface area (Å²) >= 11 is 3.46. The number of fused-ring (bicyclic) bond motifs is 2. The topological polar surface area (TPSA) is 67.6 Å². The van der Waals surface area contributed by atoms with Crippen molar-refractivity contribution >= 4 is 39.1 Å². The van der Waals surface area contributed by atoms with Crippen LogP contribution in [0.1, 0.15) is 15.8 Å². The Labute approximate surface area is 105 Å². The number of nitrogens with two attached hydrogens (primary N) is 1. The van der Waals surface area contributed by atoms with Crippen LogP contribution in [0.5, 0.6) is 0 Å². The molecule has 0 amide bonds. The number of nitrogens with zero attached hydrogens (tertiary/aromatic N) is 2. The molecular formula is C11H8N4S2. The number of hydrogen-bond acceptors (Lipinski definition) is 5. The van der Waals surface area contributed by atoms with E-state index in [9.17, 15) is 0 Å². The van der Waals surface area contributed by atoms with Gasteiger partial charge in [0.25, 0.3) is 0 Å². The zero-order valence-corrected chi connectivity index (χ0v) is 10.3. The van der Waals surface area contributed by atoms with Crippen LogP contribution in [0.3, 0.4) is 0 Å². The monoisotopic (exact) mass is 260 g/mol. The number of aromatic amines is 1. The van der Waals surface area contributed by atoms with Gasteiger partial charge in [0.15, 0.2) is 0 Å². The molecule has 2 aromatic heterocycles. The molecule has 4 rings (SSSR count). The van der Waals surface area contributed by atoms with E-state index in [2.05, 4.69) is 33.4 Å². The van der Waals surface area contributed by atoms with Gasteiger partial charge in [-0.3, -0.25) is 5.10 Å². The molecule has 0 fully saturated rings. The van der Waals surface area contributed by atoms with Crippen molar-refractivity contribution in [2.75, 3.05) is 5.73 Å². The van der Waals surface area contributed by atoms with Gasteiger partial charge in [0.2, 0.25) is 0 Å². The van der Waals surface area contributed by atoms with Gasteiger partial charge in [0, 0.05) is 0 Å². The Morgan fingerprint density at radius 1 is 1.41 bits per heavy atom. The van der Waals surface area contributed by atoms with Crippen LogP contribution in [0.2, 0.25) is 0 Å². The van der Waals surface area contributed by atoms with E-state index in [1.165, 1.54) is 10.3 Å². The minimum absolute atomic E-state index is 0.250. The molecule has 6 heteroatoms. The zero-order chi connectivity index (χ0) is 11.4. The van der Waals surface area contributed by atoms with Gasteiger partial charge in [-0.1, -0.05) is 6.07 Å². The highest BCUT2D eigenvalue weighted by molar-refractivity contribution is 8.00. The molecule has 0 saturated heterocycles. The molecule has 0 saturated carbocycles. The zero-order valence-electron chi connectivity index (χ0n) is 8.68. The molecule has 84 valence electrons. The lowest BCUT2D eigenvalue weighted by Gasteiger charge is -2.15. The summed E-state index contributed by atoms with van der Waals surface area (Å²) in [6.45, 7) is 0. The molecule has 3 bridgehead atoms. The molecule has 0 aliphatic carbocycles. The van der Waals surface area contributed by atoms with Crippen LogP contribution >= 0.6 is 23.1 Å². The van der Waals surface area contributed by atoms with Gasteiger partial charge < -0.3 is 5.73 Å². The first-order chi connectivity index (χ1) is 8.31. The smallest absolute Gasteiger partial charge is 0.132 e. The van der Waals surface area contributed by atoms with Gasteiger partial charge in [-0.25, -0.2) is 4.98 Å². The first kappa shape index (κ1) is 9.49. The highest BCUT2D eigenvalue weighted by Gasteiger charge is 2.26. The van der Waals surface area contributed by atoms with E-state index in [4.69, 9.17) is 5.73 Å². The lowest BCUT2D eigenvalue weighted by molar-refractivity contribution is 1.10. The number of hydrogen-bond donors (Lipinski definition) is 2. The van der Waals surface area contributed by atoms with Crippen molar-refractivity contribution in [2.45, 2.75) is 10.1 Å². The molecule has 1 aliphatic heterocycles. The van der Waals surface area contributed by atoms with E-state index in [1.54, 1.807) is 29.3 Å². The Kier molecular flexibility index (Phi) is 1.81. The van der Waals surface area contributed by atoms with Crippen LogP contribution in [-0.2, 0) is 0 Å². The Morgan fingerprint density at radius 3 is 3.18 bits per heavy atom. The van der Waals surface area contributed by atoms with Gasteiger partial charge in [-0.05, 0) is 17.7 Å². The molecule has 3 aromatic rings. The number of anilines is 1. The molecule has 3 heterocycles. The van der Waals surface area contributed by atoms with Crippen molar-refractivity contribution < 1.29 is 0 Å². The van der Waals surface area contributed by atoms with E-state index >= 15 is 0 Å². The number of benzene rings is 1. The molecular weight excluding hydrogens is 252 g/mol. The number of thiazole rings is 1. The largest absolute Gasteiger partial charge is 0.383 e. The van der Waals surface area contributed by atoms with Gasteiger partial charge in [-0.15, -0.1) is 23.1 Å². The summed E-state index contributed by atoms with van der Waals surface area (Å²) in [5.41, 5.74) is 8.23. The van der Waals surface area contributed by atoms with Gasteiger partial charge in [0.1, 0.15) is 10.8 Å². The summed E-state index contributed by atoms with van der Waals surface area (Å²) < 4.78 is 1.26. The van der Waals surface area contributed by atoms with Crippen molar-refractivity contribution in [3.05, 3.63) is 35.0 Å². The van der Waals surface area contributed by atoms with Crippen molar-refractivity contribution in [2.24, 2.45) is 0 Å². The third-order valence-electron chi connectivity index (χ3n) is 2.83. The number of H-pyrrole nitrogens is 1. The van der Waals surface area contributed by atoms with Crippen molar-refractivity contribution in [3.8, 4) is 0 Å². The summed E-state index contributed by atoms with van der Waals surface area (Å²) in [4.78, 5) is 5.59. The number of rotatable bonds is 2. The molecule has 3 N–H and O–H groups in total. The summed E-state index contributed by atoms with van der Waals surface area (Å²) in [6.07, 6.45) is 1.77. The van der Waals surface area contributed by atoms with E-state index in [0.29, 0.717) is 5.82 Å². The predicted molar refractivity (Wildman–Crippen MR) is 70.3 cm³/mol. The molecule has 0 spiro atoms. The number of nitrogens with one attached hydrogen (secondary N) is 1. The third kappa shape index (κ3) is 1.31. The van der Waals surface area contributed by atoms with Crippen LogP contribution in [0.15, 0.2) is 29.3 Å². The minimum Gasteiger partial charge on any atom is -0.383 e. The van der Waals surface area contributed by atoms with E-state index in [0.717, 1.165) is 15.4 Å². The van der Waals surface area contributed by atoms with E-state index < -0.39 is 0 Å². The number of aromatic nitrogens is 3. The third-order valence-corrected chi connectivity index (χ3v) is 5.39. The SMILES string of the molecule is Nc1[nH]ncc1SC1c2ccc3sc1nc3c2. The maximum Gasteiger partial charge on any atom is 0.132 e. The van der Waals surface area contributed by atoms with E-state index in [-0.39, 0.29) is 5.25 Å². The highest BCUT2D eigenvalue weighted by atomic mass is 32.2. The van der Waals surface area contributed by atoms with E-state index in [1.807, 2.05) is 0 Å². The quantitative estimate of drug-likeness (QED) is 0.743. The summed E-state index contributed by atoms with van der Waals surface area (Å²) in [5, 5.41) is 8.11. The van der Waals surface area contributed by atoms with Gasteiger partial charge >= 0.3 is 0 Å². The Balaban J connectivity index is 1.80. The summed E-state index contributed by atoms with van der Waals surface area (Å²) in [7, 11) is 0. The molecule has 1 atom stereocenters. The standard InChI is InChI=1S/C11H8N4S2/c12-10-8(4-13-15-10)16-9-5-1-2-7-6(3-5)14-11(9)17-7/h1-4,9H,(H3,12,13,15). The second-order valence-corrected chi connectivity index (χ2v) is 6.13. The summed E-state index contributed by atoms with van der Waals surface area (Å²) in [6, 6.07) is 6.47. The first-order valence-electron chi connectivity index (χ1n) is 5.17. The lowest BCUT2D eigenvalue weighted by atomic mass is 10.1. The second kappa shape index (κ2) is 3.24.